The maximum atomic E-state index is 13.3. The molecule has 90 valence electrons. The molecule has 0 bridgehead atoms. The van der Waals surface area contributed by atoms with Gasteiger partial charge in [0.2, 0.25) is 0 Å². The molecule has 1 rings (SSSR count). The Labute approximate surface area is 94.9 Å². The molecule has 1 aromatic rings. The zero-order chi connectivity index (χ0) is 12.0. The largest absolute Gasteiger partial charge is 0.396 e. The van der Waals surface area contributed by atoms with E-state index in [1.807, 2.05) is 6.92 Å². The summed E-state index contributed by atoms with van der Waals surface area (Å²) in [5, 5.41) is 21.5. The Morgan fingerprint density at radius 1 is 1.31 bits per heavy atom. The van der Waals surface area contributed by atoms with E-state index in [0.29, 0.717) is 12.1 Å². The molecule has 0 fully saturated rings. The quantitative estimate of drug-likeness (QED) is 0.681. The Balaban J connectivity index is 2.41. The minimum Gasteiger partial charge on any atom is -0.396 e. The van der Waals surface area contributed by atoms with Crippen molar-refractivity contribution in [1.29, 1.82) is 0 Å². The molecule has 0 aliphatic heterocycles. The third-order valence-corrected chi connectivity index (χ3v) is 2.41. The first-order valence-corrected chi connectivity index (χ1v) is 5.39. The summed E-state index contributed by atoms with van der Waals surface area (Å²) in [5.41, 5.74) is 0.298. The number of hydrogen-bond acceptors (Lipinski definition) is 3. The molecule has 0 aliphatic carbocycles. The molecule has 0 radical (unpaired) electrons. The predicted octanol–water partition coefficient (Wildman–Crippen LogP) is 1.08. The molecule has 4 heteroatoms. The van der Waals surface area contributed by atoms with E-state index in [1.165, 1.54) is 6.07 Å². The highest BCUT2D eigenvalue weighted by Crippen LogP contribution is 2.15. The fourth-order valence-corrected chi connectivity index (χ4v) is 1.39. The van der Waals surface area contributed by atoms with Gasteiger partial charge in [0.15, 0.2) is 0 Å². The van der Waals surface area contributed by atoms with Crippen molar-refractivity contribution in [3.05, 3.63) is 35.6 Å². The van der Waals surface area contributed by atoms with Crippen LogP contribution in [-0.4, -0.2) is 29.9 Å². The Morgan fingerprint density at radius 2 is 2.00 bits per heavy atom. The number of halogens is 1. The molecule has 0 aromatic heterocycles. The molecule has 0 spiro atoms. The van der Waals surface area contributed by atoms with Crippen molar-refractivity contribution in [2.75, 3.05) is 19.7 Å². The lowest BCUT2D eigenvalue weighted by molar-refractivity contribution is 0.164. The first-order chi connectivity index (χ1) is 7.65. The molecule has 0 amide bonds. The molecular weight excluding hydrogens is 209 g/mol. The van der Waals surface area contributed by atoms with Crippen LogP contribution in [-0.2, 0) is 0 Å². The van der Waals surface area contributed by atoms with E-state index < -0.39 is 11.9 Å². The summed E-state index contributed by atoms with van der Waals surface area (Å²) in [4.78, 5) is 0. The van der Waals surface area contributed by atoms with Crippen LogP contribution in [0.25, 0.3) is 0 Å². The zero-order valence-corrected chi connectivity index (χ0v) is 9.36. The second-order valence-corrected chi connectivity index (χ2v) is 3.98. The van der Waals surface area contributed by atoms with Gasteiger partial charge in [-0.15, -0.1) is 0 Å². The number of benzene rings is 1. The lowest BCUT2D eigenvalue weighted by Crippen LogP contribution is -2.27. The van der Waals surface area contributed by atoms with Crippen molar-refractivity contribution < 1.29 is 14.6 Å². The van der Waals surface area contributed by atoms with Crippen molar-refractivity contribution in [1.82, 2.24) is 5.32 Å². The van der Waals surface area contributed by atoms with Gasteiger partial charge < -0.3 is 15.5 Å². The number of hydrogen-bond donors (Lipinski definition) is 3. The lowest BCUT2D eigenvalue weighted by Gasteiger charge is -2.14. The van der Waals surface area contributed by atoms with E-state index in [-0.39, 0.29) is 19.1 Å². The summed E-state index contributed by atoms with van der Waals surface area (Å²) in [5.74, 6) is -0.264. The fraction of sp³-hybridized carbons (Fsp3) is 0.500. The molecule has 2 atom stereocenters. The summed E-state index contributed by atoms with van der Waals surface area (Å²) in [7, 11) is 0. The first-order valence-electron chi connectivity index (χ1n) is 5.39. The molecule has 0 aliphatic rings. The van der Waals surface area contributed by atoms with Gasteiger partial charge in [0, 0.05) is 18.7 Å². The molecular formula is C12H18FNO2. The molecule has 3 N–H and O–H groups in total. The molecule has 0 saturated carbocycles. The molecule has 16 heavy (non-hydrogen) atoms. The normalized spacial score (nSPS) is 14.8. The van der Waals surface area contributed by atoms with Gasteiger partial charge >= 0.3 is 0 Å². The maximum Gasteiger partial charge on any atom is 0.129 e. The van der Waals surface area contributed by atoms with Crippen LogP contribution in [0.2, 0.25) is 0 Å². The highest BCUT2D eigenvalue weighted by atomic mass is 19.1. The van der Waals surface area contributed by atoms with E-state index in [9.17, 15) is 9.50 Å². The van der Waals surface area contributed by atoms with Crippen LogP contribution >= 0.6 is 0 Å². The minimum atomic E-state index is -0.855. The molecule has 2 unspecified atom stereocenters. The number of aliphatic hydroxyl groups is 2. The Hall–Kier alpha value is -0.970. The summed E-state index contributed by atoms with van der Waals surface area (Å²) in [6, 6.07) is 6.18. The summed E-state index contributed by atoms with van der Waals surface area (Å²) < 4.78 is 13.3. The number of aliphatic hydroxyl groups excluding tert-OH is 2. The van der Waals surface area contributed by atoms with Crippen molar-refractivity contribution in [2.24, 2.45) is 5.92 Å². The van der Waals surface area contributed by atoms with Gasteiger partial charge in [0.1, 0.15) is 5.82 Å². The average Bonchev–Trinajstić information content (AvgIpc) is 2.29. The van der Waals surface area contributed by atoms with Crippen LogP contribution < -0.4 is 5.32 Å². The van der Waals surface area contributed by atoms with E-state index in [1.54, 1.807) is 18.2 Å². The first kappa shape index (κ1) is 13.1. The topological polar surface area (TPSA) is 52.5 Å². The van der Waals surface area contributed by atoms with Gasteiger partial charge in [-0.25, -0.2) is 4.39 Å². The highest BCUT2D eigenvalue weighted by molar-refractivity contribution is 5.19. The van der Waals surface area contributed by atoms with E-state index in [4.69, 9.17) is 5.11 Å². The van der Waals surface area contributed by atoms with Crippen LogP contribution in [0.4, 0.5) is 4.39 Å². The van der Waals surface area contributed by atoms with Crippen LogP contribution in [0.15, 0.2) is 24.3 Å². The highest BCUT2D eigenvalue weighted by Gasteiger charge is 2.11. The van der Waals surface area contributed by atoms with Gasteiger partial charge in [-0.1, -0.05) is 25.1 Å². The van der Waals surface area contributed by atoms with Gasteiger partial charge in [0.25, 0.3) is 0 Å². The number of rotatable bonds is 6. The van der Waals surface area contributed by atoms with Crippen LogP contribution in [0.1, 0.15) is 18.6 Å². The summed E-state index contributed by atoms with van der Waals surface area (Å²) >= 11 is 0. The Morgan fingerprint density at radius 3 is 2.62 bits per heavy atom. The average molecular weight is 227 g/mol. The molecule has 1 aromatic carbocycles. The molecule has 3 nitrogen and oxygen atoms in total. The van der Waals surface area contributed by atoms with Crippen molar-refractivity contribution in [2.45, 2.75) is 13.0 Å². The fourth-order valence-electron chi connectivity index (χ4n) is 1.39. The summed E-state index contributed by atoms with van der Waals surface area (Å²) in [6.07, 6.45) is -0.855. The van der Waals surface area contributed by atoms with Crippen molar-refractivity contribution >= 4 is 0 Å². The van der Waals surface area contributed by atoms with Gasteiger partial charge in [-0.3, -0.25) is 0 Å². The smallest absolute Gasteiger partial charge is 0.129 e. The summed E-state index contributed by atoms with van der Waals surface area (Å²) in [6.45, 7) is 2.87. The maximum absolute atomic E-state index is 13.3. The van der Waals surface area contributed by atoms with Crippen LogP contribution in [0.5, 0.6) is 0 Å². The Kier molecular flexibility index (Phi) is 5.38. The van der Waals surface area contributed by atoms with Crippen molar-refractivity contribution in [3.63, 3.8) is 0 Å². The minimum absolute atomic E-state index is 0.1000. The Bertz CT molecular complexity index is 320. The SMILES string of the molecule is CC(CO)CNCC(O)c1ccccc1F. The second kappa shape index (κ2) is 6.58. The number of nitrogens with one attached hydrogen (secondary N) is 1. The van der Waals surface area contributed by atoms with Crippen LogP contribution in [0, 0.1) is 11.7 Å². The van der Waals surface area contributed by atoms with E-state index in [0.717, 1.165) is 0 Å². The lowest BCUT2D eigenvalue weighted by atomic mass is 10.1. The van der Waals surface area contributed by atoms with Crippen LogP contribution in [0.3, 0.4) is 0 Å². The third-order valence-electron chi connectivity index (χ3n) is 2.41. The third kappa shape index (κ3) is 3.89. The second-order valence-electron chi connectivity index (χ2n) is 3.98. The van der Waals surface area contributed by atoms with Gasteiger partial charge in [0.05, 0.1) is 6.10 Å². The monoisotopic (exact) mass is 227 g/mol. The zero-order valence-electron chi connectivity index (χ0n) is 9.36. The van der Waals surface area contributed by atoms with Gasteiger partial charge in [-0.2, -0.15) is 0 Å². The standard InChI is InChI=1S/C12H18FNO2/c1-9(8-15)6-14-7-12(16)10-4-2-3-5-11(10)13/h2-5,9,12,14-16H,6-8H2,1H3. The predicted molar refractivity (Wildman–Crippen MR) is 60.5 cm³/mol. The molecule has 0 saturated heterocycles. The van der Waals surface area contributed by atoms with E-state index in [2.05, 4.69) is 5.32 Å². The van der Waals surface area contributed by atoms with E-state index >= 15 is 0 Å². The van der Waals surface area contributed by atoms with Gasteiger partial charge in [-0.05, 0) is 18.5 Å². The van der Waals surface area contributed by atoms with Crippen molar-refractivity contribution in [3.8, 4) is 0 Å². The molecule has 0 heterocycles.